The van der Waals surface area contributed by atoms with E-state index in [-0.39, 0.29) is 5.91 Å². The van der Waals surface area contributed by atoms with Crippen molar-refractivity contribution in [3.63, 3.8) is 0 Å². The maximum atomic E-state index is 12.5. The normalized spacial score (nSPS) is 15.8. The van der Waals surface area contributed by atoms with E-state index in [9.17, 15) is 4.79 Å². The number of hydrogen-bond acceptors (Lipinski definition) is 5. The fourth-order valence-electron chi connectivity index (χ4n) is 3.09. The zero-order valence-corrected chi connectivity index (χ0v) is 14.8. The lowest BCUT2D eigenvalue weighted by Gasteiger charge is -2.34. The SMILES string of the molecule is CC(=CC(=O)N1CCN(c2nsc3ccccc23)CC1)c1ccco1. The lowest BCUT2D eigenvalue weighted by atomic mass is 10.2. The minimum absolute atomic E-state index is 0.0386. The summed E-state index contributed by atoms with van der Waals surface area (Å²) in [6, 6.07) is 12.0. The summed E-state index contributed by atoms with van der Waals surface area (Å²) < 4.78 is 11.1. The van der Waals surface area contributed by atoms with Crippen LogP contribution in [0.5, 0.6) is 0 Å². The van der Waals surface area contributed by atoms with E-state index in [1.54, 1.807) is 12.3 Å². The number of allylic oxidation sites excluding steroid dienone is 1. The summed E-state index contributed by atoms with van der Waals surface area (Å²) in [5, 5.41) is 1.20. The minimum Gasteiger partial charge on any atom is -0.465 e. The van der Waals surface area contributed by atoms with Crippen LogP contribution in [0.3, 0.4) is 0 Å². The van der Waals surface area contributed by atoms with E-state index in [4.69, 9.17) is 4.42 Å². The first kappa shape index (κ1) is 15.9. The fourth-order valence-corrected chi connectivity index (χ4v) is 3.89. The van der Waals surface area contributed by atoms with E-state index in [2.05, 4.69) is 21.4 Å². The number of carbonyl (C=O) groups is 1. The van der Waals surface area contributed by atoms with E-state index in [1.165, 1.54) is 21.6 Å². The van der Waals surface area contributed by atoms with Crippen molar-refractivity contribution in [3.05, 3.63) is 54.5 Å². The van der Waals surface area contributed by atoms with Crippen LogP contribution in [-0.2, 0) is 4.79 Å². The average molecular weight is 353 g/mol. The molecule has 1 amide bonds. The first-order valence-electron chi connectivity index (χ1n) is 8.33. The van der Waals surface area contributed by atoms with E-state index in [1.807, 2.05) is 36.1 Å². The molecule has 0 atom stereocenters. The standard InChI is InChI=1S/C19H19N3O2S/c1-14(16-6-4-12-24-16)13-18(23)21-8-10-22(11-9-21)19-15-5-2-3-7-17(15)25-20-19/h2-7,12-13H,8-11H2,1H3. The van der Waals surface area contributed by atoms with Crippen LogP contribution >= 0.6 is 11.5 Å². The monoisotopic (exact) mass is 353 g/mol. The van der Waals surface area contributed by atoms with Gasteiger partial charge in [-0.2, -0.15) is 4.37 Å². The third-order valence-electron chi connectivity index (χ3n) is 4.50. The van der Waals surface area contributed by atoms with Crippen LogP contribution in [0.4, 0.5) is 5.82 Å². The van der Waals surface area contributed by atoms with Crippen molar-refractivity contribution in [3.8, 4) is 0 Å². The summed E-state index contributed by atoms with van der Waals surface area (Å²) in [5.41, 5.74) is 0.850. The Balaban J connectivity index is 1.43. The van der Waals surface area contributed by atoms with Crippen LogP contribution in [0.2, 0.25) is 0 Å². The van der Waals surface area contributed by atoms with E-state index >= 15 is 0 Å². The zero-order valence-electron chi connectivity index (χ0n) is 14.0. The summed E-state index contributed by atoms with van der Waals surface area (Å²) in [7, 11) is 0. The van der Waals surface area contributed by atoms with E-state index in [0.717, 1.165) is 30.2 Å². The molecule has 5 nitrogen and oxygen atoms in total. The Labute approximate surface area is 150 Å². The van der Waals surface area contributed by atoms with E-state index in [0.29, 0.717) is 13.1 Å². The van der Waals surface area contributed by atoms with Crippen molar-refractivity contribution in [2.45, 2.75) is 6.92 Å². The predicted molar refractivity (Wildman–Crippen MR) is 101 cm³/mol. The number of nitrogens with zero attached hydrogens (tertiary/aromatic N) is 3. The smallest absolute Gasteiger partial charge is 0.247 e. The van der Waals surface area contributed by atoms with Crippen LogP contribution < -0.4 is 4.90 Å². The summed E-state index contributed by atoms with van der Waals surface area (Å²) in [5.74, 6) is 1.81. The molecule has 1 fully saturated rings. The quantitative estimate of drug-likeness (QED) is 0.675. The minimum atomic E-state index is 0.0386. The zero-order chi connectivity index (χ0) is 17.2. The maximum Gasteiger partial charge on any atom is 0.247 e. The third-order valence-corrected chi connectivity index (χ3v) is 5.32. The van der Waals surface area contributed by atoms with Gasteiger partial charge in [0, 0.05) is 37.6 Å². The second-order valence-electron chi connectivity index (χ2n) is 6.12. The van der Waals surface area contributed by atoms with Gasteiger partial charge >= 0.3 is 0 Å². The van der Waals surface area contributed by atoms with Gasteiger partial charge in [-0.15, -0.1) is 0 Å². The topological polar surface area (TPSA) is 49.6 Å². The molecule has 2 aromatic heterocycles. The van der Waals surface area contributed by atoms with Crippen LogP contribution in [0.25, 0.3) is 15.7 Å². The number of aromatic nitrogens is 1. The Morgan fingerprint density at radius 2 is 1.96 bits per heavy atom. The number of furan rings is 1. The van der Waals surface area contributed by atoms with Gasteiger partial charge in [0.1, 0.15) is 11.6 Å². The van der Waals surface area contributed by atoms with Gasteiger partial charge in [0.05, 0.1) is 11.0 Å². The Kier molecular flexibility index (Phi) is 4.28. The van der Waals surface area contributed by atoms with Crippen LogP contribution in [-0.4, -0.2) is 41.4 Å². The fraction of sp³-hybridized carbons (Fsp3) is 0.263. The number of rotatable bonds is 3. The molecular formula is C19H19N3O2S. The molecule has 0 saturated carbocycles. The molecule has 25 heavy (non-hydrogen) atoms. The second-order valence-corrected chi connectivity index (χ2v) is 6.92. The van der Waals surface area contributed by atoms with Gasteiger partial charge in [-0.1, -0.05) is 12.1 Å². The van der Waals surface area contributed by atoms with Crippen molar-refractivity contribution in [2.75, 3.05) is 31.1 Å². The Hall–Kier alpha value is -2.60. The van der Waals surface area contributed by atoms with Gasteiger partial charge in [0.15, 0.2) is 0 Å². The molecule has 0 spiro atoms. The van der Waals surface area contributed by atoms with Crippen LogP contribution in [0, 0.1) is 0 Å². The molecule has 0 bridgehead atoms. The molecule has 0 aliphatic carbocycles. The number of amides is 1. The number of piperazine rings is 1. The molecule has 3 heterocycles. The molecule has 6 heteroatoms. The first-order valence-corrected chi connectivity index (χ1v) is 9.10. The van der Waals surface area contributed by atoms with Crippen molar-refractivity contribution in [2.24, 2.45) is 0 Å². The predicted octanol–water partition coefficient (Wildman–Crippen LogP) is 3.64. The van der Waals surface area contributed by atoms with Crippen molar-refractivity contribution >= 4 is 38.9 Å². The Morgan fingerprint density at radius 1 is 1.16 bits per heavy atom. The molecule has 1 aliphatic heterocycles. The number of carbonyl (C=O) groups excluding carboxylic acids is 1. The Morgan fingerprint density at radius 3 is 2.72 bits per heavy atom. The molecule has 4 rings (SSSR count). The highest BCUT2D eigenvalue weighted by atomic mass is 32.1. The van der Waals surface area contributed by atoms with Crippen molar-refractivity contribution < 1.29 is 9.21 Å². The third kappa shape index (κ3) is 3.17. The van der Waals surface area contributed by atoms with Gasteiger partial charge in [-0.25, -0.2) is 0 Å². The molecule has 0 unspecified atom stereocenters. The average Bonchev–Trinajstić information content (AvgIpc) is 3.32. The first-order chi connectivity index (χ1) is 12.2. The molecule has 0 N–H and O–H groups in total. The summed E-state index contributed by atoms with van der Waals surface area (Å²) >= 11 is 1.53. The molecule has 3 aromatic rings. The van der Waals surface area contributed by atoms with Gasteiger partial charge in [0.2, 0.25) is 5.91 Å². The highest BCUT2D eigenvalue weighted by molar-refractivity contribution is 7.13. The number of benzene rings is 1. The van der Waals surface area contributed by atoms with Gasteiger partial charge in [-0.05, 0) is 48.3 Å². The van der Waals surface area contributed by atoms with Gasteiger partial charge < -0.3 is 14.2 Å². The van der Waals surface area contributed by atoms with E-state index < -0.39 is 0 Å². The highest BCUT2D eigenvalue weighted by Crippen LogP contribution is 2.29. The largest absolute Gasteiger partial charge is 0.465 e. The summed E-state index contributed by atoms with van der Waals surface area (Å²) in [4.78, 5) is 16.6. The highest BCUT2D eigenvalue weighted by Gasteiger charge is 2.23. The molecular weight excluding hydrogens is 334 g/mol. The van der Waals surface area contributed by atoms with Crippen LogP contribution in [0.15, 0.2) is 53.2 Å². The van der Waals surface area contributed by atoms with Crippen molar-refractivity contribution in [1.82, 2.24) is 9.27 Å². The Bertz CT molecular complexity index is 906. The van der Waals surface area contributed by atoms with Crippen molar-refractivity contribution in [1.29, 1.82) is 0 Å². The molecule has 128 valence electrons. The van der Waals surface area contributed by atoms with Gasteiger partial charge in [-0.3, -0.25) is 4.79 Å². The summed E-state index contributed by atoms with van der Waals surface area (Å²) in [6.45, 7) is 4.90. The lowest BCUT2D eigenvalue weighted by Crippen LogP contribution is -2.48. The number of fused-ring (bicyclic) bond motifs is 1. The second kappa shape index (κ2) is 6.72. The molecule has 0 radical (unpaired) electrons. The number of hydrogen-bond donors (Lipinski definition) is 0. The molecule has 1 aromatic carbocycles. The lowest BCUT2D eigenvalue weighted by molar-refractivity contribution is -0.126. The summed E-state index contributed by atoms with van der Waals surface area (Å²) in [6.07, 6.45) is 3.28. The molecule has 1 saturated heterocycles. The van der Waals surface area contributed by atoms with Gasteiger partial charge in [0.25, 0.3) is 0 Å². The van der Waals surface area contributed by atoms with Crippen LogP contribution in [0.1, 0.15) is 12.7 Å². The maximum absolute atomic E-state index is 12.5. The number of anilines is 1. The molecule has 1 aliphatic rings.